The number of ether oxygens (including phenoxy) is 1. The largest absolute Gasteiger partial charge is 0.471 e. The standard InChI is InChI=1S/C16H29N3O/c1-13(2)15(8-7-14(3)11-17)20-16(19(4)5)9-6-10-18-12-16/h7-8,18H,1,6,9-12,17H2,2-5H3. The Morgan fingerprint density at radius 2 is 2.10 bits per heavy atom. The first kappa shape index (κ1) is 17.0. The Morgan fingerprint density at radius 1 is 1.40 bits per heavy atom. The Bertz CT molecular complexity index is 391. The van der Waals surface area contributed by atoms with Gasteiger partial charge in [-0.1, -0.05) is 18.2 Å². The SMILES string of the molecule is C=C(C)C(=CC=C(C)CN)OC1(N(C)C)CCCNC1. The Balaban J connectivity index is 2.95. The molecule has 1 unspecified atom stereocenters. The summed E-state index contributed by atoms with van der Waals surface area (Å²) >= 11 is 0. The number of nitrogens with one attached hydrogen (secondary N) is 1. The molecule has 4 nitrogen and oxygen atoms in total. The van der Waals surface area contributed by atoms with Crippen LogP contribution in [0.1, 0.15) is 26.7 Å². The molecule has 0 radical (unpaired) electrons. The summed E-state index contributed by atoms with van der Waals surface area (Å²) in [5, 5.41) is 3.42. The van der Waals surface area contributed by atoms with Crippen molar-refractivity contribution in [3.8, 4) is 0 Å². The smallest absolute Gasteiger partial charge is 0.175 e. The van der Waals surface area contributed by atoms with E-state index in [1.165, 1.54) is 0 Å². The fourth-order valence-electron chi connectivity index (χ4n) is 2.18. The molecular formula is C16H29N3O. The number of piperidine rings is 1. The van der Waals surface area contributed by atoms with Gasteiger partial charge in [0, 0.05) is 19.5 Å². The highest BCUT2D eigenvalue weighted by atomic mass is 16.5. The minimum atomic E-state index is -0.298. The Morgan fingerprint density at radius 3 is 2.55 bits per heavy atom. The normalized spacial score (nSPS) is 24.9. The third-order valence-corrected chi connectivity index (χ3v) is 3.70. The van der Waals surface area contributed by atoms with Gasteiger partial charge < -0.3 is 15.8 Å². The molecule has 3 N–H and O–H groups in total. The van der Waals surface area contributed by atoms with Crippen molar-refractivity contribution in [1.29, 1.82) is 0 Å². The lowest BCUT2D eigenvalue weighted by molar-refractivity contribution is -0.115. The van der Waals surface area contributed by atoms with Crippen LogP contribution in [0.3, 0.4) is 0 Å². The van der Waals surface area contributed by atoms with Gasteiger partial charge in [0.05, 0.1) is 0 Å². The molecule has 1 fully saturated rings. The molecular weight excluding hydrogens is 250 g/mol. The maximum atomic E-state index is 6.34. The number of rotatable bonds is 6. The Labute approximate surface area is 123 Å². The van der Waals surface area contributed by atoms with Crippen molar-refractivity contribution in [3.63, 3.8) is 0 Å². The first-order chi connectivity index (χ1) is 9.41. The number of likely N-dealkylation sites (N-methyl/N-ethyl adjacent to an activating group) is 1. The van der Waals surface area contributed by atoms with Gasteiger partial charge in [0.2, 0.25) is 0 Å². The lowest BCUT2D eigenvalue weighted by atomic mass is 10.0. The van der Waals surface area contributed by atoms with Crippen LogP contribution in [0.15, 0.2) is 35.6 Å². The number of allylic oxidation sites excluding steroid dienone is 3. The van der Waals surface area contributed by atoms with E-state index >= 15 is 0 Å². The molecule has 0 amide bonds. The Hall–Kier alpha value is -1.10. The molecule has 0 spiro atoms. The van der Waals surface area contributed by atoms with Crippen molar-refractivity contribution in [1.82, 2.24) is 10.2 Å². The molecule has 0 aromatic rings. The number of hydrogen-bond donors (Lipinski definition) is 2. The molecule has 20 heavy (non-hydrogen) atoms. The summed E-state index contributed by atoms with van der Waals surface area (Å²) in [6, 6.07) is 0. The predicted octanol–water partition coefficient (Wildman–Crippen LogP) is 2.01. The number of nitrogens with zero attached hydrogens (tertiary/aromatic N) is 1. The van der Waals surface area contributed by atoms with Gasteiger partial charge >= 0.3 is 0 Å². The summed E-state index contributed by atoms with van der Waals surface area (Å²) in [6.45, 7) is 10.4. The summed E-state index contributed by atoms with van der Waals surface area (Å²) in [5.74, 6) is 0.829. The van der Waals surface area contributed by atoms with Gasteiger partial charge in [-0.25, -0.2) is 0 Å². The van der Waals surface area contributed by atoms with E-state index in [9.17, 15) is 0 Å². The zero-order chi connectivity index (χ0) is 15.2. The molecule has 0 aliphatic carbocycles. The van der Waals surface area contributed by atoms with Gasteiger partial charge in [-0.15, -0.1) is 0 Å². The van der Waals surface area contributed by atoms with Gasteiger partial charge in [0.25, 0.3) is 0 Å². The summed E-state index contributed by atoms with van der Waals surface area (Å²) in [5.41, 5.74) is 7.36. The highest BCUT2D eigenvalue weighted by molar-refractivity contribution is 5.27. The van der Waals surface area contributed by atoms with E-state index in [0.717, 1.165) is 42.8 Å². The van der Waals surface area contributed by atoms with Crippen LogP contribution in [0.5, 0.6) is 0 Å². The van der Waals surface area contributed by atoms with E-state index in [0.29, 0.717) is 6.54 Å². The molecule has 114 valence electrons. The fourth-order valence-corrected chi connectivity index (χ4v) is 2.18. The average molecular weight is 279 g/mol. The zero-order valence-corrected chi connectivity index (χ0v) is 13.3. The van der Waals surface area contributed by atoms with Crippen LogP contribution in [0.4, 0.5) is 0 Å². The summed E-state index contributed by atoms with van der Waals surface area (Å²) in [6.07, 6.45) is 6.10. The molecule has 1 heterocycles. The topological polar surface area (TPSA) is 50.5 Å². The molecule has 1 saturated heterocycles. The van der Waals surface area contributed by atoms with Gasteiger partial charge in [0.15, 0.2) is 5.72 Å². The van der Waals surface area contributed by atoms with Crippen LogP contribution in [0.2, 0.25) is 0 Å². The lowest BCUT2D eigenvalue weighted by Gasteiger charge is -2.43. The molecule has 0 aromatic heterocycles. The molecule has 0 aromatic carbocycles. The van der Waals surface area contributed by atoms with Crippen LogP contribution in [-0.4, -0.2) is 44.4 Å². The average Bonchev–Trinajstić information content (AvgIpc) is 2.43. The third kappa shape index (κ3) is 4.47. The van der Waals surface area contributed by atoms with Gasteiger partial charge in [-0.2, -0.15) is 0 Å². The minimum absolute atomic E-state index is 0.298. The van der Waals surface area contributed by atoms with E-state index in [4.69, 9.17) is 10.5 Å². The van der Waals surface area contributed by atoms with Crippen molar-refractivity contribution < 1.29 is 4.74 Å². The van der Waals surface area contributed by atoms with Crippen LogP contribution in [0.25, 0.3) is 0 Å². The second-order valence-corrected chi connectivity index (χ2v) is 5.75. The molecule has 0 bridgehead atoms. The van der Waals surface area contributed by atoms with Gasteiger partial charge in [-0.3, -0.25) is 4.90 Å². The maximum Gasteiger partial charge on any atom is 0.175 e. The maximum absolute atomic E-state index is 6.34. The molecule has 1 aliphatic rings. The van der Waals surface area contributed by atoms with Crippen molar-refractivity contribution in [2.45, 2.75) is 32.4 Å². The van der Waals surface area contributed by atoms with Crippen LogP contribution < -0.4 is 11.1 Å². The predicted molar refractivity (Wildman–Crippen MR) is 85.3 cm³/mol. The van der Waals surface area contributed by atoms with E-state index in [1.807, 2.05) is 26.0 Å². The zero-order valence-electron chi connectivity index (χ0n) is 13.3. The summed E-state index contributed by atoms with van der Waals surface area (Å²) in [4.78, 5) is 2.15. The highest BCUT2D eigenvalue weighted by Gasteiger charge is 2.37. The second kappa shape index (κ2) is 7.62. The molecule has 1 aliphatic heterocycles. The van der Waals surface area contributed by atoms with E-state index in [-0.39, 0.29) is 5.72 Å². The van der Waals surface area contributed by atoms with Crippen LogP contribution >= 0.6 is 0 Å². The summed E-state index contributed by atoms with van der Waals surface area (Å²) in [7, 11) is 4.12. The number of hydrogen-bond acceptors (Lipinski definition) is 4. The van der Waals surface area contributed by atoms with Crippen molar-refractivity contribution in [2.24, 2.45) is 5.73 Å². The van der Waals surface area contributed by atoms with Gasteiger partial charge in [0.1, 0.15) is 5.76 Å². The Kier molecular flexibility index (Phi) is 6.46. The molecule has 1 rings (SSSR count). The monoisotopic (exact) mass is 279 g/mol. The molecule has 1 atom stereocenters. The first-order valence-electron chi connectivity index (χ1n) is 7.22. The van der Waals surface area contributed by atoms with E-state index in [2.05, 4.69) is 30.9 Å². The highest BCUT2D eigenvalue weighted by Crippen LogP contribution is 2.28. The lowest BCUT2D eigenvalue weighted by Crippen LogP contribution is -2.56. The first-order valence-corrected chi connectivity index (χ1v) is 7.22. The molecule has 0 saturated carbocycles. The van der Waals surface area contributed by atoms with Crippen molar-refractivity contribution in [2.75, 3.05) is 33.7 Å². The van der Waals surface area contributed by atoms with Crippen molar-refractivity contribution in [3.05, 3.63) is 35.6 Å². The third-order valence-electron chi connectivity index (χ3n) is 3.70. The summed E-state index contributed by atoms with van der Waals surface area (Å²) < 4.78 is 6.34. The van der Waals surface area contributed by atoms with E-state index < -0.39 is 0 Å². The second-order valence-electron chi connectivity index (χ2n) is 5.75. The molecule has 4 heteroatoms. The minimum Gasteiger partial charge on any atom is -0.471 e. The number of nitrogens with two attached hydrogens (primary N) is 1. The van der Waals surface area contributed by atoms with Crippen LogP contribution in [-0.2, 0) is 4.74 Å². The van der Waals surface area contributed by atoms with Gasteiger partial charge in [-0.05, 0) is 52.6 Å². The quantitative estimate of drug-likeness (QED) is 0.444. The fraction of sp³-hybridized carbons (Fsp3) is 0.625. The van der Waals surface area contributed by atoms with E-state index in [1.54, 1.807) is 0 Å². The van der Waals surface area contributed by atoms with Crippen molar-refractivity contribution >= 4 is 0 Å². The van der Waals surface area contributed by atoms with Crippen LogP contribution in [0, 0.1) is 0 Å².